The maximum absolute atomic E-state index is 13.3. The largest absolute Gasteiger partial charge is 0.294 e. The predicted molar refractivity (Wildman–Crippen MR) is 113 cm³/mol. The summed E-state index contributed by atoms with van der Waals surface area (Å²) in [6, 6.07) is 20.6. The Hall–Kier alpha value is -2.76. The minimum Gasteiger partial charge on any atom is -0.294 e. The number of carbonyl (C=O) groups is 2. The van der Waals surface area contributed by atoms with Crippen LogP contribution in [0.15, 0.2) is 83.8 Å². The molecule has 0 radical (unpaired) electrons. The van der Waals surface area contributed by atoms with Crippen LogP contribution in [0.25, 0.3) is 0 Å². The van der Waals surface area contributed by atoms with Crippen LogP contribution in [0.3, 0.4) is 0 Å². The van der Waals surface area contributed by atoms with Gasteiger partial charge in [-0.1, -0.05) is 59.6 Å². The average Bonchev–Trinajstić information content (AvgIpc) is 2.72. The number of hydrogen-bond donors (Lipinski definition) is 0. The molecule has 0 saturated heterocycles. The SMILES string of the molecule is Cc1ccc(S(=O)(=O)[C@@H](CC(=O)c2ccccc2)C(=O)c2ccc(Cl)cc2)cc1. The van der Waals surface area contributed by atoms with E-state index in [9.17, 15) is 18.0 Å². The first kappa shape index (κ1) is 21.0. The van der Waals surface area contributed by atoms with E-state index in [0.717, 1.165) is 5.56 Å². The highest BCUT2D eigenvalue weighted by molar-refractivity contribution is 7.92. The first-order valence-electron chi connectivity index (χ1n) is 8.97. The third-order valence-electron chi connectivity index (χ3n) is 4.61. The Labute approximate surface area is 175 Å². The van der Waals surface area contributed by atoms with E-state index in [2.05, 4.69) is 0 Å². The monoisotopic (exact) mass is 426 g/mol. The zero-order valence-corrected chi connectivity index (χ0v) is 17.3. The number of ketones is 2. The lowest BCUT2D eigenvalue weighted by molar-refractivity contribution is 0.0920. The van der Waals surface area contributed by atoms with Gasteiger partial charge in [0.2, 0.25) is 0 Å². The number of benzene rings is 3. The van der Waals surface area contributed by atoms with Crippen LogP contribution in [0.1, 0.15) is 32.7 Å². The van der Waals surface area contributed by atoms with Crippen molar-refractivity contribution in [3.8, 4) is 0 Å². The minimum absolute atomic E-state index is 0.0104. The summed E-state index contributed by atoms with van der Waals surface area (Å²) in [7, 11) is -4.08. The lowest BCUT2D eigenvalue weighted by Gasteiger charge is -2.17. The normalized spacial score (nSPS) is 12.3. The Morgan fingerprint density at radius 2 is 1.41 bits per heavy atom. The molecule has 0 aliphatic carbocycles. The summed E-state index contributed by atoms with van der Waals surface area (Å²) in [5, 5.41) is -1.10. The van der Waals surface area contributed by atoms with Crippen molar-refractivity contribution in [2.24, 2.45) is 0 Å². The number of sulfone groups is 1. The molecule has 3 rings (SSSR count). The Kier molecular flexibility index (Phi) is 6.30. The quantitative estimate of drug-likeness (QED) is 0.501. The summed E-state index contributed by atoms with van der Waals surface area (Å²) < 4.78 is 26.6. The lowest BCUT2D eigenvalue weighted by Crippen LogP contribution is -2.33. The van der Waals surface area contributed by atoms with Gasteiger partial charge in [-0.3, -0.25) is 9.59 Å². The number of aryl methyl sites for hydroxylation is 1. The van der Waals surface area contributed by atoms with E-state index in [1.807, 2.05) is 6.92 Å². The predicted octanol–water partition coefficient (Wildman–Crippen LogP) is 4.95. The summed E-state index contributed by atoms with van der Waals surface area (Å²) in [6.07, 6.45) is -0.443. The Morgan fingerprint density at radius 3 is 2.00 bits per heavy atom. The molecule has 0 saturated carbocycles. The molecule has 6 heteroatoms. The maximum Gasteiger partial charge on any atom is 0.189 e. The van der Waals surface area contributed by atoms with Crippen molar-refractivity contribution < 1.29 is 18.0 Å². The number of Topliss-reactive ketones (excluding diaryl/α,β-unsaturated/α-hetero) is 2. The molecule has 0 spiro atoms. The van der Waals surface area contributed by atoms with Gasteiger partial charge in [-0.05, 0) is 43.3 Å². The van der Waals surface area contributed by atoms with Crippen molar-refractivity contribution in [3.05, 3.63) is 101 Å². The summed E-state index contributed by atoms with van der Waals surface area (Å²) >= 11 is 5.88. The number of halogens is 1. The van der Waals surface area contributed by atoms with Gasteiger partial charge >= 0.3 is 0 Å². The minimum atomic E-state index is -4.08. The molecular weight excluding hydrogens is 408 g/mol. The summed E-state index contributed by atoms with van der Waals surface area (Å²) in [5.41, 5.74) is 1.45. The molecule has 29 heavy (non-hydrogen) atoms. The first-order valence-corrected chi connectivity index (χ1v) is 10.9. The second-order valence-electron chi connectivity index (χ2n) is 6.71. The fraction of sp³-hybridized carbons (Fsp3) is 0.130. The highest BCUT2D eigenvalue weighted by Gasteiger charge is 2.36. The maximum atomic E-state index is 13.3. The molecule has 4 nitrogen and oxygen atoms in total. The molecule has 0 amide bonds. The van der Waals surface area contributed by atoms with Gasteiger partial charge in [0.15, 0.2) is 21.4 Å². The second-order valence-corrected chi connectivity index (χ2v) is 9.28. The van der Waals surface area contributed by atoms with Gasteiger partial charge in [-0.2, -0.15) is 0 Å². The van der Waals surface area contributed by atoms with Crippen molar-refractivity contribution in [3.63, 3.8) is 0 Å². The molecule has 0 aromatic heterocycles. The third-order valence-corrected chi connectivity index (χ3v) is 6.92. The topological polar surface area (TPSA) is 68.3 Å². The van der Waals surface area contributed by atoms with Crippen LogP contribution in [-0.4, -0.2) is 25.2 Å². The van der Waals surface area contributed by atoms with Crippen molar-refractivity contribution in [1.29, 1.82) is 0 Å². The van der Waals surface area contributed by atoms with E-state index in [1.165, 1.54) is 36.4 Å². The van der Waals surface area contributed by atoms with Gasteiger partial charge in [-0.15, -0.1) is 0 Å². The summed E-state index contributed by atoms with van der Waals surface area (Å²) in [6.45, 7) is 1.84. The van der Waals surface area contributed by atoms with E-state index in [-0.39, 0.29) is 10.5 Å². The molecule has 3 aromatic rings. The van der Waals surface area contributed by atoms with Crippen LogP contribution in [0, 0.1) is 6.92 Å². The van der Waals surface area contributed by atoms with Crippen molar-refractivity contribution >= 4 is 33.0 Å². The molecule has 0 unspecified atom stereocenters. The van der Waals surface area contributed by atoms with Gasteiger partial charge in [0, 0.05) is 22.6 Å². The molecular formula is C23H19ClO4S. The lowest BCUT2D eigenvalue weighted by atomic mass is 10.0. The zero-order valence-electron chi connectivity index (χ0n) is 15.7. The smallest absolute Gasteiger partial charge is 0.189 e. The number of carbonyl (C=O) groups excluding carboxylic acids is 2. The van der Waals surface area contributed by atoms with Gasteiger partial charge in [0.25, 0.3) is 0 Å². The van der Waals surface area contributed by atoms with Crippen molar-refractivity contribution in [2.45, 2.75) is 23.5 Å². The molecule has 0 aliphatic heterocycles. The average molecular weight is 427 g/mol. The molecule has 0 N–H and O–H groups in total. The van der Waals surface area contributed by atoms with Crippen LogP contribution in [0.2, 0.25) is 5.02 Å². The van der Waals surface area contributed by atoms with Crippen LogP contribution in [0.5, 0.6) is 0 Å². The second kappa shape index (κ2) is 8.72. The fourth-order valence-corrected chi connectivity index (χ4v) is 4.70. The highest BCUT2D eigenvalue weighted by Crippen LogP contribution is 2.24. The Morgan fingerprint density at radius 1 is 0.828 bits per heavy atom. The van der Waals surface area contributed by atoms with Gasteiger partial charge in [-0.25, -0.2) is 8.42 Å². The van der Waals surface area contributed by atoms with Gasteiger partial charge in [0.1, 0.15) is 5.25 Å². The van der Waals surface area contributed by atoms with Crippen LogP contribution >= 0.6 is 11.6 Å². The highest BCUT2D eigenvalue weighted by atomic mass is 35.5. The molecule has 0 fully saturated rings. The van der Waals surface area contributed by atoms with E-state index in [4.69, 9.17) is 11.6 Å². The molecule has 1 atom stereocenters. The van der Waals surface area contributed by atoms with Crippen LogP contribution in [0.4, 0.5) is 0 Å². The van der Waals surface area contributed by atoms with Crippen LogP contribution < -0.4 is 0 Å². The summed E-state index contributed by atoms with van der Waals surface area (Å²) in [4.78, 5) is 25.9. The number of rotatable bonds is 7. The molecule has 0 bridgehead atoms. The molecule has 3 aromatic carbocycles. The van der Waals surface area contributed by atoms with E-state index < -0.39 is 33.1 Å². The Balaban J connectivity index is 2.03. The number of hydrogen-bond acceptors (Lipinski definition) is 4. The zero-order chi connectivity index (χ0) is 21.0. The van der Waals surface area contributed by atoms with E-state index >= 15 is 0 Å². The van der Waals surface area contributed by atoms with E-state index in [1.54, 1.807) is 42.5 Å². The third kappa shape index (κ3) is 4.81. The molecule has 0 heterocycles. The standard InChI is InChI=1S/C23H19ClO4S/c1-16-7-13-20(14-8-16)29(27,28)22(15-21(25)17-5-3-2-4-6-17)23(26)18-9-11-19(24)12-10-18/h2-14,22H,15H2,1H3/t22-/m0/s1. The molecule has 148 valence electrons. The summed E-state index contributed by atoms with van der Waals surface area (Å²) in [5.74, 6) is -1.04. The van der Waals surface area contributed by atoms with Crippen LogP contribution in [-0.2, 0) is 9.84 Å². The Bertz CT molecular complexity index is 1120. The van der Waals surface area contributed by atoms with Gasteiger partial charge in [0.05, 0.1) is 4.90 Å². The first-order chi connectivity index (χ1) is 13.8. The van der Waals surface area contributed by atoms with Gasteiger partial charge < -0.3 is 0 Å². The fourth-order valence-electron chi connectivity index (χ4n) is 2.95. The van der Waals surface area contributed by atoms with E-state index in [0.29, 0.717) is 10.6 Å². The van der Waals surface area contributed by atoms with Crippen molar-refractivity contribution in [2.75, 3.05) is 0 Å². The van der Waals surface area contributed by atoms with Crippen molar-refractivity contribution in [1.82, 2.24) is 0 Å². The molecule has 0 aliphatic rings.